The van der Waals surface area contributed by atoms with Crippen LogP contribution >= 0.6 is 10.6 Å². The van der Waals surface area contributed by atoms with Crippen molar-refractivity contribution in [2.75, 3.05) is 44.4 Å². The number of alkyl halides is 1. The molecule has 6 aliphatic carbocycles. The number of aliphatic carboxylic acids is 1. The maximum atomic E-state index is 14.5. The zero-order valence-electron chi connectivity index (χ0n) is 33.6. The molecule has 1 unspecified atom stereocenters. The van der Waals surface area contributed by atoms with Crippen LogP contribution in [0.25, 0.3) is 0 Å². The summed E-state index contributed by atoms with van der Waals surface area (Å²) >= 11 is 0. The smallest absolute Gasteiger partial charge is 0.312 e. The van der Waals surface area contributed by atoms with E-state index in [0.717, 1.165) is 45.1 Å². The number of carbonyl (C=O) groups is 2. The van der Waals surface area contributed by atoms with Crippen LogP contribution in [0.2, 0.25) is 0 Å². The maximum absolute atomic E-state index is 14.5. The lowest BCUT2D eigenvalue weighted by molar-refractivity contribution is -0.226. The highest BCUT2D eigenvalue weighted by molar-refractivity contribution is 8.24. The second-order valence-corrected chi connectivity index (χ2v) is 22.8. The molecule has 10 atom stereocenters. The van der Waals surface area contributed by atoms with Gasteiger partial charge in [0.05, 0.1) is 22.3 Å². The summed E-state index contributed by atoms with van der Waals surface area (Å²) in [6.45, 7) is 21.3. The van der Waals surface area contributed by atoms with Crippen molar-refractivity contribution in [2.24, 2.45) is 62.1 Å². The summed E-state index contributed by atoms with van der Waals surface area (Å²) in [5.41, 5.74) is 2.60. The molecular formula is C44H69FN2O5S. The third kappa shape index (κ3) is 5.97. The van der Waals surface area contributed by atoms with E-state index in [4.69, 9.17) is 0 Å². The normalized spacial score (nSPS) is 45.3. The van der Waals surface area contributed by atoms with Crippen molar-refractivity contribution in [1.82, 2.24) is 10.2 Å². The number of amides is 1. The van der Waals surface area contributed by atoms with Gasteiger partial charge in [-0.15, -0.1) is 0 Å². The van der Waals surface area contributed by atoms with E-state index in [1.165, 1.54) is 36.0 Å². The Kier molecular flexibility index (Phi) is 10.1. The van der Waals surface area contributed by atoms with Crippen LogP contribution < -0.4 is 5.32 Å². The van der Waals surface area contributed by atoms with Gasteiger partial charge in [-0.1, -0.05) is 58.9 Å². The fraction of sp³-hybridized carbons (Fsp3) is 0.818. The molecule has 7 rings (SSSR count). The van der Waals surface area contributed by atoms with E-state index in [0.29, 0.717) is 73.6 Å². The Hall–Kier alpha value is -1.68. The molecule has 0 spiro atoms. The Labute approximate surface area is 320 Å². The monoisotopic (exact) mass is 756 g/mol. The van der Waals surface area contributed by atoms with Crippen LogP contribution in [0, 0.1) is 62.1 Å². The van der Waals surface area contributed by atoms with E-state index in [-0.39, 0.29) is 39.4 Å². The zero-order valence-corrected chi connectivity index (χ0v) is 34.4. The van der Waals surface area contributed by atoms with Crippen molar-refractivity contribution < 1.29 is 28.2 Å². The Morgan fingerprint density at radius 3 is 2.26 bits per heavy atom. The average Bonchev–Trinajstić information content (AvgIpc) is 3.50. The number of hydrogen-bond donors (Lipinski definition) is 4. The van der Waals surface area contributed by atoms with Crippen LogP contribution in [0.15, 0.2) is 35.5 Å². The predicted octanol–water partition coefficient (Wildman–Crippen LogP) is 9.51. The number of halogens is 1. The molecule has 4 saturated carbocycles. The van der Waals surface area contributed by atoms with Crippen LogP contribution in [-0.4, -0.2) is 75.3 Å². The summed E-state index contributed by atoms with van der Waals surface area (Å²) in [6, 6.07) is 0. The van der Waals surface area contributed by atoms with Crippen molar-refractivity contribution in [3.05, 3.63) is 35.5 Å². The molecule has 4 N–H and O–H groups in total. The average molecular weight is 757 g/mol. The van der Waals surface area contributed by atoms with Crippen LogP contribution in [0.5, 0.6) is 0 Å². The van der Waals surface area contributed by atoms with Gasteiger partial charge >= 0.3 is 5.97 Å². The lowest BCUT2D eigenvalue weighted by Gasteiger charge is -2.72. The van der Waals surface area contributed by atoms with Gasteiger partial charge in [0.25, 0.3) is 0 Å². The topological polar surface area (TPSA) is 110 Å². The molecule has 0 aromatic heterocycles. The maximum Gasteiger partial charge on any atom is 0.312 e. The van der Waals surface area contributed by atoms with Crippen molar-refractivity contribution in [2.45, 2.75) is 119 Å². The number of rotatable bonds is 8. The third-order valence-corrected chi connectivity index (χ3v) is 19.6. The molecule has 5 fully saturated rings. The number of hydrogen-bond acceptors (Lipinski definition) is 5. The first-order valence-electron chi connectivity index (χ1n) is 20.9. The molecule has 7 nitrogen and oxygen atoms in total. The van der Waals surface area contributed by atoms with E-state index in [9.17, 15) is 28.2 Å². The minimum Gasteiger partial charge on any atom is -0.481 e. The molecule has 1 saturated heterocycles. The van der Waals surface area contributed by atoms with E-state index < -0.39 is 28.6 Å². The third-order valence-electron chi connectivity index (χ3n) is 17.9. The molecular weight excluding hydrogens is 688 g/mol. The second-order valence-electron chi connectivity index (χ2n) is 20.3. The number of carbonyl (C=O) groups excluding carboxylic acids is 1. The molecule has 53 heavy (non-hydrogen) atoms. The van der Waals surface area contributed by atoms with E-state index >= 15 is 0 Å². The molecule has 0 aromatic rings. The molecule has 0 radical (unpaired) electrons. The van der Waals surface area contributed by atoms with Gasteiger partial charge in [0.1, 0.15) is 6.67 Å². The first-order chi connectivity index (χ1) is 24.8. The first-order valence-corrected chi connectivity index (χ1v) is 22.8. The van der Waals surface area contributed by atoms with Gasteiger partial charge in [0.2, 0.25) is 5.91 Å². The summed E-state index contributed by atoms with van der Waals surface area (Å²) in [4.78, 5) is 28.8. The summed E-state index contributed by atoms with van der Waals surface area (Å²) < 4.78 is 34.1. The molecule has 1 aliphatic heterocycles. The van der Waals surface area contributed by atoms with Crippen LogP contribution in [0.1, 0.15) is 119 Å². The summed E-state index contributed by atoms with van der Waals surface area (Å²) in [6.07, 6.45) is 15.6. The Morgan fingerprint density at radius 2 is 1.64 bits per heavy atom. The second kappa shape index (κ2) is 13.5. The van der Waals surface area contributed by atoms with Gasteiger partial charge in [-0.2, -0.15) is 10.6 Å². The van der Waals surface area contributed by atoms with Crippen molar-refractivity contribution >= 4 is 22.5 Å². The first kappa shape index (κ1) is 39.6. The van der Waals surface area contributed by atoms with Crippen molar-refractivity contribution in [3.63, 3.8) is 0 Å². The molecule has 7 aliphatic rings. The minimum atomic E-state index is -2.43. The number of carboxylic acid groups (broad SMARTS) is 1. The van der Waals surface area contributed by atoms with Crippen LogP contribution in [0.4, 0.5) is 4.39 Å². The number of allylic oxidation sites excluding steroid dienone is 5. The van der Waals surface area contributed by atoms with E-state index in [1.807, 2.05) is 0 Å². The lowest BCUT2D eigenvalue weighted by Crippen LogP contribution is -2.66. The highest BCUT2D eigenvalue weighted by Gasteiger charge is 2.71. The number of nitrogens with zero attached hydrogens (tertiary/aromatic N) is 1. The van der Waals surface area contributed by atoms with Crippen molar-refractivity contribution in [3.8, 4) is 0 Å². The zero-order chi connectivity index (χ0) is 38.4. The highest BCUT2D eigenvalue weighted by Crippen LogP contribution is 2.77. The SMILES string of the molecule is C=C(C)[C@@H]1CC[C@]2(C(=O)NCCN3CCS(O)(O)CC3)CC[C@]3(C)[C@H](CC[C@@H]4[C@@]5(C)CC=C(C6=CCC(CF)(C(=O)O)CC6)C(C)(C)[C@@H]5CC[C@]43C)[C@@H]12. The molecule has 9 heteroatoms. The van der Waals surface area contributed by atoms with Gasteiger partial charge in [-0.05, 0) is 146 Å². The van der Waals surface area contributed by atoms with Gasteiger partial charge in [-0.25, -0.2) is 4.39 Å². The number of fused-ring (bicyclic) bond motifs is 7. The van der Waals surface area contributed by atoms with Gasteiger partial charge in [-0.3, -0.25) is 23.6 Å². The quantitative estimate of drug-likeness (QED) is 0.184. The Bertz CT molecular complexity index is 1570. The van der Waals surface area contributed by atoms with Gasteiger partial charge in [0, 0.05) is 26.2 Å². The summed E-state index contributed by atoms with van der Waals surface area (Å²) in [5.74, 6) is 2.32. The van der Waals surface area contributed by atoms with Crippen molar-refractivity contribution in [1.29, 1.82) is 0 Å². The molecule has 1 amide bonds. The minimum absolute atomic E-state index is 0.0537. The molecule has 1 heterocycles. The standard InChI is InChI=1S/C44H69FN2O5S/c1-29(2)31-12-19-44(37(48)46-22-23-47-24-26-53(51,52)27-25-47)21-20-41(6)33(36(31)44)8-9-35-40(5)15-13-32(39(3,4)34(40)14-16-42(35,41)7)30-10-17-43(28-45,18-11-30)38(49)50/h10,13,31,33-36,51-52H,1,8-9,11-12,14-28H2,2-7H3,(H,46,48)(H,49,50)/t31-,33+,34-,35+,36+,40-,41+,42+,43?,44-/m0/s1. The fourth-order valence-corrected chi connectivity index (χ4v) is 16.0. The summed E-state index contributed by atoms with van der Waals surface area (Å²) in [5, 5.41) is 13.2. The number of carboxylic acids is 1. The van der Waals surface area contributed by atoms with Gasteiger partial charge in [0.15, 0.2) is 0 Å². The Morgan fingerprint density at radius 1 is 0.925 bits per heavy atom. The Balaban J connectivity index is 1.12. The van der Waals surface area contributed by atoms with E-state index in [2.05, 4.69) is 70.5 Å². The lowest BCUT2D eigenvalue weighted by atomic mass is 9.32. The summed E-state index contributed by atoms with van der Waals surface area (Å²) in [7, 11) is -2.43. The van der Waals surface area contributed by atoms with E-state index in [1.54, 1.807) is 0 Å². The largest absolute Gasteiger partial charge is 0.481 e. The van der Waals surface area contributed by atoms with Gasteiger partial charge < -0.3 is 10.4 Å². The fourth-order valence-electron chi connectivity index (χ4n) is 14.7. The number of nitrogens with one attached hydrogen (secondary N) is 1. The predicted molar refractivity (Wildman–Crippen MR) is 212 cm³/mol. The molecule has 0 bridgehead atoms. The molecule has 0 aromatic carbocycles. The highest BCUT2D eigenvalue weighted by atomic mass is 32.3. The molecule has 298 valence electrons. The van der Waals surface area contributed by atoms with Crippen LogP contribution in [0.3, 0.4) is 0 Å². The van der Waals surface area contributed by atoms with Crippen LogP contribution in [-0.2, 0) is 9.59 Å².